The number of aryl methyl sites for hydroxylation is 1. The molecule has 0 saturated carbocycles. The molecule has 0 aliphatic heterocycles. The number of hydrogen-bond donors (Lipinski definition) is 2. The van der Waals surface area contributed by atoms with Crippen molar-refractivity contribution in [1.29, 1.82) is 0 Å². The first-order valence-corrected chi connectivity index (χ1v) is 10.7. The van der Waals surface area contributed by atoms with Crippen LogP contribution in [-0.4, -0.2) is 31.8 Å². The molecule has 0 aliphatic carbocycles. The number of ketones is 1. The van der Waals surface area contributed by atoms with Crippen molar-refractivity contribution in [3.63, 3.8) is 0 Å². The number of benzene rings is 1. The molecule has 33 heavy (non-hydrogen) atoms. The second kappa shape index (κ2) is 11.0. The molecule has 0 radical (unpaired) electrons. The number of rotatable bonds is 9. The van der Waals surface area contributed by atoms with Gasteiger partial charge in [-0.1, -0.05) is 12.1 Å². The summed E-state index contributed by atoms with van der Waals surface area (Å²) in [6.45, 7) is 0.467. The summed E-state index contributed by atoms with van der Waals surface area (Å²) in [5, 5.41) is 11.2. The zero-order valence-electron chi connectivity index (χ0n) is 17.3. The monoisotopic (exact) mass is 485 g/mol. The number of aromatic amines is 1. The van der Waals surface area contributed by atoms with Crippen LogP contribution in [0.25, 0.3) is 10.2 Å². The molecule has 0 amide bonds. The first-order chi connectivity index (χ1) is 15.5. The van der Waals surface area contributed by atoms with E-state index in [-0.39, 0.29) is 54.8 Å². The number of carbonyl (C=O) groups excluding carboxylic acids is 1. The van der Waals surface area contributed by atoms with Crippen molar-refractivity contribution >= 4 is 45.7 Å². The molecule has 2 N–H and O–H groups in total. The molecular formula is C23H20ClN3O5S. The molecule has 4 rings (SSSR count). The molecule has 0 aliphatic rings. The van der Waals surface area contributed by atoms with Crippen LogP contribution in [-0.2, 0) is 24.4 Å². The highest BCUT2D eigenvalue weighted by atomic mass is 35.5. The number of hydrogen-bond acceptors (Lipinski definition) is 7. The van der Waals surface area contributed by atoms with E-state index >= 15 is 0 Å². The van der Waals surface area contributed by atoms with E-state index in [2.05, 4.69) is 15.0 Å². The summed E-state index contributed by atoms with van der Waals surface area (Å²) in [6, 6.07) is 10.1. The van der Waals surface area contributed by atoms with Gasteiger partial charge in [-0.15, -0.1) is 23.7 Å². The van der Waals surface area contributed by atoms with Crippen LogP contribution in [0.4, 0.5) is 0 Å². The highest BCUT2D eigenvalue weighted by molar-refractivity contribution is 7.16. The van der Waals surface area contributed by atoms with Gasteiger partial charge in [-0.25, -0.2) is 9.78 Å². The van der Waals surface area contributed by atoms with E-state index in [4.69, 9.17) is 9.84 Å². The fraction of sp³-hybridized carbons (Fsp3) is 0.174. The smallest absolute Gasteiger partial charge is 0.335 e. The largest absolute Gasteiger partial charge is 0.478 e. The number of nitrogens with zero attached hydrogens (tertiary/aromatic N) is 2. The minimum Gasteiger partial charge on any atom is -0.478 e. The standard InChI is InChI=1S/C23H19N3O5S.ClH/c27-18(6-3-14-7-9-24-10-8-14)20-25-21(28)19-17(13-32-22(19)26-20)12-31-11-15-1-4-16(5-2-15)23(29)30;/h1-2,4-5,7-10,13H,3,6,11-12H2,(H,29,30)(H,25,26,28);1H. The Hall–Kier alpha value is -3.40. The van der Waals surface area contributed by atoms with E-state index in [1.807, 2.05) is 12.1 Å². The molecule has 0 unspecified atom stereocenters. The van der Waals surface area contributed by atoms with Gasteiger partial charge < -0.3 is 14.8 Å². The van der Waals surface area contributed by atoms with Crippen LogP contribution in [0.2, 0.25) is 0 Å². The Morgan fingerprint density at radius 2 is 1.76 bits per heavy atom. The summed E-state index contributed by atoms with van der Waals surface area (Å²) >= 11 is 1.29. The van der Waals surface area contributed by atoms with Crippen LogP contribution in [0.1, 0.15) is 44.1 Å². The molecule has 4 aromatic rings. The highest BCUT2D eigenvalue weighted by Gasteiger charge is 2.16. The van der Waals surface area contributed by atoms with Crippen molar-refractivity contribution in [1.82, 2.24) is 15.0 Å². The van der Waals surface area contributed by atoms with Crippen molar-refractivity contribution in [3.8, 4) is 0 Å². The number of Topliss-reactive ketones (excluding diaryl/α,β-unsaturated/α-hetero) is 1. The predicted molar refractivity (Wildman–Crippen MR) is 126 cm³/mol. The van der Waals surface area contributed by atoms with Gasteiger partial charge in [0, 0.05) is 24.4 Å². The molecular weight excluding hydrogens is 466 g/mol. The van der Waals surface area contributed by atoms with Crippen LogP contribution in [0.3, 0.4) is 0 Å². The summed E-state index contributed by atoms with van der Waals surface area (Å²) in [5.74, 6) is -1.15. The fourth-order valence-electron chi connectivity index (χ4n) is 3.19. The maximum Gasteiger partial charge on any atom is 0.335 e. The van der Waals surface area contributed by atoms with Gasteiger partial charge in [0.15, 0.2) is 11.6 Å². The molecule has 170 valence electrons. The van der Waals surface area contributed by atoms with E-state index in [9.17, 15) is 14.4 Å². The van der Waals surface area contributed by atoms with E-state index in [0.29, 0.717) is 22.2 Å². The average Bonchev–Trinajstić information content (AvgIpc) is 3.22. The molecule has 3 heterocycles. The van der Waals surface area contributed by atoms with Crippen LogP contribution in [0.15, 0.2) is 59.0 Å². The molecule has 0 fully saturated rings. The van der Waals surface area contributed by atoms with Crippen LogP contribution >= 0.6 is 23.7 Å². The lowest BCUT2D eigenvalue weighted by Gasteiger charge is -2.05. The number of carboxylic acid groups (broad SMARTS) is 1. The van der Waals surface area contributed by atoms with Gasteiger partial charge in [0.05, 0.1) is 24.2 Å². The summed E-state index contributed by atoms with van der Waals surface area (Å²) in [7, 11) is 0. The lowest BCUT2D eigenvalue weighted by molar-refractivity contribution is 0.0696. The van der Waals surface area contributed by atoms with Gasteiger partial charge in [-0.05, 0) is 47.2 Å². The lowest BCUT2D eigenvalue weighted by atomic mass is 10.1. The molecule has 1 aromatic carbocycles. The number of thiophene rings is 1. The number of ether oxygens (including phenoxy) is 1. The minimum absolute atomic E-state index is 0. The van der Waals surface area contributed by atoms with Crippen molar-refractivity contribution in [2.45, 2.75) is 26.1 Å². The quantitative estimate of drug-likeness (QED) is 0.343. The molecule has 8 nitrogen and oxygen atoms in total. The van der Waals surface area contributed by atoms with Crippen LogP contribution < -0.4 is 5.56 Å². The van der Waals surface area contributed by atoms with Crippen molar-refractivity contribution in [2.75, 3.05) is 0 Å². The number of carbonyl (C=O) groups is 2. The van der Waals surface area contributed by atoms with Crippen LogP contribution in [0, 0.1) is 0 Å². The van der Waals surface area contributed by atoms with E-state index < -0.39 is 5.97 Å². The van der Waals surface area contributed by atoms with E-state index in [1.165, 1.54) is 23.5 Å². The Morgan fingerprint density at radius 1 is 1.03 bits per heavy atom. The molecule has 3 aromatic heterocycles. The number of halogens is 1. The van der Waals surface area contributed by atoms with Gasteiger partial charge >= 0.3 is 5.97 Å². The number of aromatic nitrogens is 3. The molecule has 0 atom stereocenters. The Labute approximate surface area is 198 Å². The SMILES string of the molecule is Cl.O=C(O)c1ccc(COCc2csc3nc(C(=O)CCc4ccncc4)[nH]c(=O)c23)cc1. The number of fused-ring (bicyclic) bond motifs is 1. The predicted octanol–water partition coefficient (Wildman–Crippen LogP) is 4.03. The number of aromatic carboxylic acids is 1. The Morgan fingerprint density at radius 3 is 2.45 bits per heavy atom. The highest BCUT2D eigenvalue weighted by Crippen LogP contribution is 2.22. The number of nitrogens with one attached hydrogen (secondary N) is 1. The third-order valence-electron chi connectivity index (χ3n) is 4.90. The zero-order chi connectivity index (χ0) is 22.5. The number of pyridine rings is 1. The minimum atomic E-state index is -0.982. The first-order valence-electron chi connectivity index (χ1n) is 9.84. The molecule has 0 bridgehead atoms. The van der Waals surface area contributed by atoms with Crippen molar-refractivity contribution in [2.24, 2.45) is 0 Å². The summed E-state index contributed by atoms with van der Waals surface area (Å²) in [5.41, 5.74) is 2.35. The van der Waals surface area contributed by atoms with Gasteiger partial charge in [-0.2, -0.15) is 0 Å². The third kappa shape index (κ3) is 5.89. The normalized spacial score (nSPS) is 10.7. The third-order valence-corrected chi connectivity index (χ3v) is 5.82. The summed E-state index contributed by atoms with van der Waals surface area (Å²) in [4.78, 5) is 47.5. The van der Waals surface area contributed by atoms with Crippen LogP contribution in [0.5, 0.6) is 0 Å². The summed E-state index contributed by atoms with van der Waals surface area (Å²) < 4.78 is 5.70. The topological polar surface area (TPSA) is 122 Å². The van der Waals surface area contributed by atoms with Gasteiger partial charge in [0.25, 0.3) is 5.56 Å². The molecule has 10 heteroatoms. The number of carboxylic acids is 1. The lowest BCUT2D eigenvalue weighted by Crippen LogP contribution is -2.16. The maximum atomic E-state index is 12.6. The second-order valence-corrected chi connectivity index (χ2v) is 7.99. The van der Waals surface area contributed by atoms with Crippen molar-refractivity contribution < 1.29 is 19.4 Å². The Kier molecular flexibility index (Phi) is 8.05. The van der Waals surface area contributed by atoms with E-state index in [1.54, 1.807) is 29.9 Å². The van der Waals surface area contributed by atoms with Gasteiger partial charge in [0.2, 0.25) is 0 Å². The number of H-pyrrole nitrogens is 1. The van der Waals surface area contributed by atoms with Crippen molar-refractivity contribution in [3.05, 3.63) is 92.6 Å². The van der Waals surface area contributed by atoms with Gasteiger partial charge in [-0.3, -0.25) is 14.6 Å². The molecule has 0 saturated heterocycles. The van der Waals surface area contributed by atoms with E-state index in [0.717, 1.165) is 11.1 Å². The first kappa shape index (κ1) is 24.2. The Balaban J connectivity index is 0.00000306. The second-order valence-electron chi connectivity index (χ2n) is 7.13. The fourth-order valence-corrected chi connectivity index (χ4v) is 4.12. The Bertz CT molecular complexity index is 1320. The molecule has 0 spiro atoms. The maximum absolute atomic E-state index is 12.6. The zero-order valence-corrected chi connectivity index (χ0v) is 18.9. The summed E-state index contributed by atoms with van der Waals surface area (Å²) in [6.07, 6.45) is 4.12. The average molecular weight is 486 g/mol. The van der Waals surface area contributed by atoms with Gasteiger partial charge in [0.1, 0.15) is 4.83 Å².